The van der Waals surface area contributed by atoms with Gasteiger partial charge in [0.25, 0.3) is 0 Å². The SMILES string of the molecule is CC1(C)CCC[Si](CN)(CC(=O)O)C1. The lowest BCUT2D eigenvalue weighted by atomic mass is 9.90. The van der Waals surface area contributed by atoms with E-state index < -0.39 is 14.0 Å². The summed E-state index contributed by atoms with van der Waals surface area (Å²) in [5, 5.41) is 8.91. The fraction of sp³-hybridized carbons (Fsp3) is 0.900. The molecule has 0 aromatic rings. The molecule has 0 spiro atoms. The molecule has 3 N–H and O–H groups in total. The Kier molecular flexibility index (Phi) is 3.37. The van der Waals surface area contributed by atoms with Gasteiger partial charge in [-0.05, 0) is 18.0 Å². The van der Waals surface area contributed by atoms with Crippen molar-refractivity contribution in [1.29, 1.82) is 0 Å². The molecule has 82 valence electrons. The first-order chi connectivity index (χ1) is 6.39. The van der Waals surface area contributed by atoms with Crippen molar-refractivity contribution in [3.8, 4) is 0 Å². The molecule has 0 radical (unpaired) electrons. The summed E-state index contributed by atoms with van der Waals surface area (Å²) in [5.74, 6) is -0.653. The van der Waals surface area contributed by atoms with Crippen LogP contribution in [0.1, 0.15) is 26.7 Å². The Bertz CT molecular complexity index is 230. The average Bonchev–Trinajstić information content (AvgIpc) is 2.01. The van der Waals surface area contributed by atoms with Gasteiger partial charge in [-0.15, -0.1) is 0 Å². The molecule has 1 aliphatic rings. The highest BCUT2D eigenvalue weighted by molar-refractivity contribution is 6.82. The van der Waals surface area contributed by atoms with Crippen LogP contribution >= 0.6 is 0 Å². The Hall–Kier alpha value is -0.353. The molecule has 0 aromatic heterocycles. The minimum Gasteiger partial charge on any atom is -0.481 e. The summed E-state index contributed by atoms with van der Waals surface area (Å²) in [6.07, 6.45) is 3.04. The first kappa shape index (κ1) is 11.7. The van der Waals surface area contributed by atoms with Crippen LogP contribution in [0.3, 0.4) is 0 Å². The lowest BCUT2D eigenvalue weighted by molar-refractivity contribution is -0.134. The van der Waals surface area contributed by atoms with Gasteiger partial charge in [-0.3, -0.25) is 4.79 Å². The van der Waals surface area contributed by atoms with Crippen LogP contribution in [0.25, 0.3) is 0 Å². The molecule has 1 saturated heterocycles. The largest absolute Gasteiger partial charge is 0.481 e. The molecule has 1 heterocycles. The van der Waals surface area contributed by atoms with Crippen molar-refractivity contribution in [2.24, 2.45) is 11.1 Å². The van der Waals surface area contributed by atoms with Gasteiger partial charge in [0.15, 0.2) is 0 Å². The number of aliphatic carboxylic acids is 1. The Labute approximate surface area is 86.7 Å². The average molecular weight is 215 g/mol. The maximum atomic E-state index is 10.8. The predicted octanol–water partition coefficient (Wildman–Crippen LogP) is 1.84. The predicted molar refractivity (Wildman–Crippen MR) is 59.9 cm³/mol. The summed E-state index contributed by atoms with van der Waals surface area (Å²) in [7, 11) is -1.68. The Balaban J connectivity index is 2.73. The number of carboxylic acid groups (broad SMARTS) is 1. The van der Waals surface area contributed by atoms with Gasteiger partial charge in [-0.2, -0.15) is 0 Å². The maximum Gasteiger partial charge on any atom is 0.300 e. The van der Waals surface area contributed by atoms with Crippen LogP contribution in [-0.2, 0) is 4.79 Å². The lowest BCUT2D eigenvalue weighted by Gasteiger charge is -2.42. The number of hydrogen-bond acceptors (Lipinski definition) is 2. The second-order valence-electron chi connectivity index (χ2n) is 5.47. The zero-order chi connectivity index (χ0) is 10.8. The molecule has 0 saturated carbocycles. The van der Waals surface area contributed by atoms with Gasteiger partial charge in [-0.1, -0.05) is 32.4 Å². The Morgan fingerprint density at radius 1 is 1.57 bits per heavy atom. The Morgan fingerprint density at radius 3 is 2.64 bits per heavy atom. The smallest absolute Gasteiger partial charge is 0.300 e. The van der Waals surface area contributed by atoms with Gasteiger partial charge < -0.3 is 10.8 Å². The normalized spacial score (nSPS) is 31.4. The first-order valence-electron chi connectivity index (χ1n) is 5.31. The van der Waals surface area contributed by atoms with Crippen molar-refractivity contribution < 1.29 is 9.90 Å². The number of carboxylic acids is 1. The number of nitrogens with two attached hydrogens (primary N) is 1. The summed E-state index contributed by atoms with van der Waals surface area (Å²) < 4.78 is 0. The van der Waals surface area contributed by atoms with Crippen molar-refractivity contribution in [1.82, 2.24) is 0 Å². The van der Waals surface area contributed by atoms with Crippen molar-refractivity contribution in [2.45, 2.75) is 44.8 Å². The van der Waals surface area contributed by atoms with Gasteiger partial charge in [0.2, 0.25) is 0 Å². The second-order valence-corrected chi connectivity index (χ2v) is 10.1. The molecule has 4 heteroatoms. The summed E-state index contributed by atoms with van der Waals surface area (Å²) in [4.78, 5) is 10.8. The minimum absolute atomic E-state index is 0.319. The van der Waals surface area contributed by atoms with Crippen LogP contribution in [-0.4, -0.2) is 25.3 Å². The fourth-order valence-electron chi connectivity index (χ4n) is 2.85. The Morgan fingerprint density at radius 2 is 2.21 bits per heavy atom. The fourth-order valence-corrected chi connectivity index (χ4v) is 7.60. The molecule has 1 fully saturated rings. The highest BCUT2D eigenvalue weighted by Gasteiger charge is 2.42. The monoisotopic (exact) mass is 215 g/mol. The molecule has 0 bridgehead atoms. The van der Waals surface area contributed by atoms with E-state index in [1.165, 1.54) is 12.8 Å². The van der Waals surface area contributed by atoms with Crippen LogP contribution in [0.15, 0.2) is 0 Å². The van der Waals surface area contributed by atoms with Gasteiger partial charge in [0, 0.05) is 6.04 Å². The van der Waals surface area contributed by atoms with E-state index in [-0.39, 0.29) is 0 Å². The van der Waals surface area contributed by atoms with Crippen molar-refractivity contribution in [3.05, 3.63) is 0 Å². The van der Waals surface area contributed by atoms with Crippen LogP contribution in [0.2, 0.25) is 18.1 Å². The summed E-state index contributed by atoms with van der Waals surface area (Å²) in [6.45, 7) is 4.48. The summed E-state index contributed by atoms with van der Waals surface area (Å²) in [6, 6.07) is 2.56. The molecule has 1 atom stereocenters. The molecule has 1 aliphatic heterocycles. The van der Waals surface area contributed by atoms with E-state index in [0.717, 1.165) is 12.1 Å². The summed E-state index contributed by atoms with van der Waals surface area (Å²) >= 11 is 0. The van der Waals surface area contributed by atoms with E-state index in [2.05, 4.69) is 13.8 Å². The zero-order valence-corrected chi connectivity index (χ0v) is 10.2. The maximum absolute atomic E-state index is 10.8. The third-order valence-corrected chi connectivity index (χ3v) is 8.41. The van der Waals surface area contributed by atoms with E-state index in [1.54, 1.807) is 0 Å². The van der Waals surface area contributed by atoms with Gasteiger partial charge in [0.05, 0.1) is 8.07 Å². The molecule has 0 aromatic carbocycles. The lowest BCUT2D eigenvalue weighted by Crippen LogP contribution is -2.50. The van der Waals surface area contributed by atoms with Crippen LogP contribution in [0.5, 0.6) is 0 Å². The molecule has 0 aliphatic carbocycles. The third kappa shape index (κ3) is 2.82. The zero-order valence-electron chi connectivity index (χ0n) is 9.18. The van der Waals surface area contributed by atoms with Crippen LogP contribution < -0.4 is 5.73 Å². The van der Waals surface area contributed by atoms with E-state index in [4.69, 9.17) is 10.8 Å². The van der Waals surface area contributed by atoms with Crippen LogP contribution in [0.4, 0.5) is 0 Å². The topological polar surface area (TPSA) is 63.3 Å². The van der Waals surface area contributed by atoms with Crippen LogP contribution in [0, 0.1) is 5.41 Å². The van der Waals surface area contributed by atoms with E-state index in [0.29, 0.717) is 17.6 Å². The van der Waals surface area contributed by atoms with Crippen molar-refractivity contribution in [2.75, 3.05) is 6.17 Å². The number of carbonyl (C=O) groups is 1. The first-order valence-corrected chi connectivity index (χ1v) is 8.14. The van der Waals surface area contributed by atoms with E-state index in [1.807, 2.05) is 0 Å². The molecule has 14 heavy (non-hydrogen) atoms. The molecule has 3 nitrogen and oxygen atoms in total. The van der Waals surface area contributed by atoms with Gasteiger partial charge >= 0.3 is 5.97 Å². The van der Waals surface area contributed by atoms with Gasteiger partial charge in [-0.25, -0.2) is 0 Å². The highest BCUT2D eigenvalue weighted by atomic mass is 28.3. The molecule has 1 rings (SSSR count). The number of hydrogen-bond donors (Lipinski definition) is 2. The molecule has 0 amide bonds. The van der Waals surface area contributed by atoms with Crippen molar-refractivity contribution in [3.63, 3.8) is 0 Å². The standard InChI is InChI=1S/C10H21NO2Si/c1-10(2)4-3-5-14(7-10,8-11)6-9(12)13/h3-8,11H2,1-2H3,(H,12,13). The quantitative estimate of drug-likeness (QED) is 0.706. The third-order valence-electron chi connectivity index (χ3n) is 3.37. The molecular formula is C10H21NO2Si. The highest BCUT2D eigenvalue weighted by Crippen LogP contribution is 2.42. The van der Waals surface area contributed by atoms with Crippen molar-refractivity contribution >= 4 is 14.0 Å². The second kappa shape index (κ2) is 4.02. The summed E-state index contributed by atoms with van der Waals surface area (Å²) in [5.41, 5.74) is 6.12. The van der Waals surface area contributed by atoms with Gasteiger partial charge in [0.1, 0.15) is 0 Å². The molecular weight excluding hydrogens is 194 g/mol. The molecule has 1 unspecified atom stereocenters. The van der Waals surface area contributed by atoms with E-state index >= 15 is 0 Å². The minimum atomic E-state index is -1.68. The number of rotatable bonds is 3. The van der Waals surface area contributed by atoms with E-state index in [9.17, 15) is 4.79 Å².